The summed E-state index contributed by atoms with van der Waals surface area (Å²) in [5, 5.41) is 4.34. The van der Waals surface area contributed by atoms with Crippen molar-refractivity contribution in [3.63, 3.8) is 0 Å². The lowest BCUT2D eigenvalue weighted by Gasteiger charge is -2.14. The smallest absolute Gasteiger partial charge is 0.230 e. The van der Waals surface area contributed by atoms with Gasteiger partial charge in [0.2, 0.25) is 5.91 Å². The van der Waals surface area contributed by atoms with E-state index in [1.807, 2.05) is 31.2 Å². The molecule has 0 saturated carbocycles. The van der Waals surface area contributed by atoms with Crippen molar-refractivity contribution in [2.24, 2.45) is 0 Å². The highest BCUT2D eigenvalue weighted by atomic mass is 35.5. The predicted molar refractivity (Wildman–Crippen MR) is 90.4 cm³/mol. The summed E-state index contributed by atoms with van der Waals surface area (Å²) < 4.78 is 0. The predicted octanol–water partition coefficient (Wildman–Crippen LogP) is 2.98. The van der Waals surface area contributed by atoms with Crippen molar-refractivity contribution in [2.45, 2.75) is 18.0 Å². The molecule has 2 N–H and O–H groups in total. The second kappa shape index (κ2) is 6.97. The topological polar surface area (TPSA) is 83.6 Å². The van der Waals surface area contributed by atoms with Crippen molar-refractivity contribution >= 4 is 40.4 Å². The third kappa shape index (κ3) is 3.80. The number of halogens is 1. The molecule has 0 bridgehead atoms. The van der Waals surface area contributed by atoms with Crippen LogP contribution in [0.4, 0.5) is 0 Å². The van der Waals surface area contributed by atoms with Crippen molar-refractivity contribution in [1.82, 2.24) is 25.3 Å². The summed E-state index contributed by atoms with van der Waals surface area (Å²) in [5.41, 5.74) is 2.35. The Morgan fingerprint density at radius 2 is 2.09 bits per heavy atom. The van der Waals surface area contributed by atoms with Gasteiger partial charge in [0, 0.05) is 5.02 Å². The zero-order valence-electron chi connectivity index (χ0n) is 12.3. The number of carbonyl (C=O) groups excluding carboxylic acids is 1. The fourth-order valence-electron chi connectivity index (χ4n) is 2.10. The zero-order chi connectivity index (χ0) is 16.2. The molecule has 0 aliphatic rings. The van der Waals surface area contributed by atoms with E-state index in [1.165, 1.54) is 18.1 Å². The summed E-state index contributed by atoms with van der Waals surface area (Å²) in [5.74, 6) is 0.201. The Hall–Kier alpha value is -2.12. The first-order valence-corrected chi connectivity index (χ1v) is 8.31. The average Bonchev–Trinajstić information content (AvgIpc) is 3.02. The number of rotatable bonds is 5. The van der Waals surface area contributed by atoms with Gasteiger partial charge in [-0.15, -0.1) is 0 Å². The quantitative estimate of drug-likeness (QED) is 0.547. The molecule has 1 amide bonds. The van der Waals surface area contributed by atoms with Crippen LogP contribution in [0.5, 0.6) is 0 Å². The van der Waals surface area contributed by atoms with E-state index in [0.717, 1.165) is 11.1 Å². The minimum Gasteiger partial charge on any atom is -0.349 e. The molecule has 0 unspecified atom stereocenters. The molecule has 0 radical (unpaired) electrons. The monoisotopic (exact) mass is 347 g/mol. The molecule has 2 heterocycles. The molecule has 23 heavy (non-hydrogen) atoms. The lowest BCUT2D eigenvalue weighted by atomic mass is 10.1. The van der Waals surface area contributed by atoms with Gasteiger partial charge in [-0.25, -0.2) is 15.0 Å². The number of amides is 1. The molecule has 118 valence electrons. The number of hydrogen-bond acceptors (Lipinski definition) is 5. The van der Waals surface area contributed by atoms with Gasteiger partial charge < -0.3 is 10.3 Å². The maximum atomic E-state index is 12.1. The minimum absolute atomic E-state index is 0.0660. The van der Waals surface area contributed by atoms with Gasteiger partial charge in [0.25, 0.3) is 0 Å². The van der Waals surface area contributed by atoms with Crippen molar-refractivity contribution in [3.8, 4) is 0 Å². The highest BCUT2D eigenvalue weighted by Gasteiger charge is 2.12. The fraction of sp³-hybridized carbons (Fsp3) is 0.200. The van der Waals surface area contributed by atoms with E-state index in [-0.39, 0.29) is 17.7 Å². The Morgan fingerprint density at radius 3 is 2.87 bits per heavy atom. The third-order valence-electron chi connectivity index (χ3n) is 3.28. The number of hydrogen-bond donors (Lipinski definition) is 2. The molecule has 1 atom stereocenters. The zero-order valence-corrected chi connectivity index (χ0v) is 13.9. The molecule has 0 saturated heterocycles. The molecule has 0 spiro atoms. The largest absolute Gasteiger partial charge is 0.349 e. The average molecular weight is 348 g/mol. The van der Waals surface area contributed by atoms with Gasteiger partial charge in [-0.3, -0.25) is 4.79 Å². The molecular formula is C15H14ClN5OS. The van der Waals surface area contributed by atoms with Crippen molar-refractivity contribution in [3.05, 3.63) is 47.5 Å². The van der Waals surface area contributed by atoms with Crippen LogP contribution in [0.2, 0.25) is 5.02 Å². The number of nitrogens with one attached hydrogen (secondary N) is 2. The molecule has 6 nitrogen and oxygen atoms in total. The summed E-state index contributed by atoms with van der Waals surface area (Å²) in [7, 11) is 0. The van der Waals surface area contributed by atoms with Crippen LogP contribution in [0, 0.1) is 0 Å². The Bertz CT molecular complexity index is 820. The van der Waals surface area contributed by atoms with E-state index in [1.54, 1.807) is 6.33 Å². The van der Waals surface area contributed by atoms with Crippen molar-refractivity contribution < 1.29 is 4.79 Å². The Balaban J connectivity index is 1.59. The molecular weight excluding hydrogens is 334 g/mol. The van der Waals surface area contributed by atoms with Crippen LogP contribution in [-0.4, -0.2) is 31.6 Å². The SMILES string of the molecule is C[C@@H](NC(=O)CSc1ncnc2nc[nH]c12)c1ccc(Cl)cc1. The Labute approximate surface area is 142 Å². The third-order valence-corrected chi connectivity index (χ3v) is 4.52. The van der Waals surface area contributed by atoms with Crippen LogP contribution in [0.15, 0.2) is 41.9 Å². The van der Waals surface area contributed by atoms with Gasteiger partial charge >= 0.3 is 0 Å². The second-order valence-electron chi connectivity index (χ2n) is 4.91. The fourth-order valence-corrected chi connectivity index (χ4v) is 3.00. The van der Waals surface area contributed by atoms with Gasteiger partial charge in [-0.1, -0.05) is 35.5 Å². The first-order valence-electron chi connectivity index (χ1n) is 6.95. The van der Waals surface area contributed by atoms with Crippen LogP contribution in [0.1, 0.15) is 18.5 Å². The van der Waals surface area contributed by atoms with Crippen molar-refractivity contribution in [2.75, 3.05) is 5.75 Å². The molecule has 8 heteroatoms. The molecule has 0 aliphatic carbocycles. The number of benzene rings is 1. The van der Waals surface area contributed by atoms with Crippen LogP contribution in [0.3, 0.4) is 0 Å². The van der Waals surface area contributed by atoms with Gasteiger partial charge in [0.15, 0.2) is 5.65 Å². The number of carbonyl (C=O) groups is 1. The van der Waals surface area contributed by atoms with Crippen LogP contribution < -0.4 is 5.32 Å². The number of fused-ring (bicyclic) bond motifs is 1. The van der Waals surface area contributed by atoms with E-state index in [2.05, 4.69) is 25.3 Å². The first kappa shape index (κ1) is 15.8. The molecule has 1 aromatic carbocycles. The first-order chi connectivity index (χ1) is 11.1. The summed E-state index contributed by atoms with van der Waals surface area (Å²) in [6.45, 7) is 1.93. The highest BCUT2D eigenvalue weighted by Crippen LogP contribution is 2.22. The molecule has 0 fully saturated rings. The second-order valence-corrected chi connectivity index (χ2v) is 6.31. The highest BCUT2D eigenvalue weighted by molar-refractivity contribution is 8.00. The maximum absolute atomic E-state index is 12.1. The number of thioether (sulfide) groups is 1. The van der Waals surface area contributed by atoms with Gasteiger partial charge in [-0.2, -0.15) is 0 Å². The molecule has 3 aromatic rings. The Kier molecular flexibility index (Phi) is 4.78. The van der Waals surface area contributed by atoms with Crippen LogP contribution >= 0.6 is 23.4 Å². The van der Waals surface area contributed by atoms with E-state index >= 15 is 0 Å². The maximum Gasteiger partial charge on any atom is 0.230 e. The van der Waals surface area contributed by atoms with E-state index in [0.29, 0.717) is 15.7 Å². The number of imidazole rings is 1. The van der Waals surface area contributed by atoms with Crippen LogP contribution in [-0.2, 0) is 4.79 Å². The summed E-state index contributed by atoms with van der Waals surface area (Å²) in [6.07, 6.45) is 3.01. The van der Waals surface area contributed by atoms with E-state index in [9.17, 15) is 4.79 Å². The standard InChI is InChI=1S/C15H14ClN5OS/c1-9(10-2-4-11(16)5-3-10)21-12(22)6-23-15-13-14(18-7-17-13)19-8-20-15/h2-5,7-9H,6H2,1H3,(H,21,22)(H,17,18,19,20)/t9-/m1/s1. The Morgan fingerprint density at radius 1 is 1.30 bits per heavy atom. The van der Waals surface area contributed by atoms with Gasteiger partial charge in [0.05, 0.1) is 18.1 Å². The summed E-state index contributed by atoms with van der Waals surface area (Å²) in [4.78, 5) is 27.4. The van der Waals surface area contributed by atoms with E-state index < -0.39 is 0 Å². The molecule has 0 aliphatic heterocycles. The lowest BCUT2D eigenvalue weighted by Crippen LogP contribution is -2.28. The normalized spacial score (nSPS) is 12.3. The lowest BCUT2D eigenvalue weighted by molar-refractivity contribution is -0.119. The number of nitrogens with zero attached hydrogens (tertiary/aromatic N) is 3. The van der Waals surface area contributed by atoms with E-state index in [4.69, 9.17) is 11.6 Å². The number of aromatic amines is 1. The van der Waals surface area contributed by atoms with Gasteiger partial charge in [0.1, 0.15) is 16.9 Å². The van der Waals surface area contributed by atoms with Crippen molar-refractivity contribution in [1.29, 1.82) is 0 Å². The molecule has 3 rings (SSSR count). The summed E-state index contributed by atoms with van der Waals surface area (Å²) >= 11 is 7.21. The summed E-state index contributed by atoms with van der Waals surface area (Å²) in [6, 6.07) is 7.34. The number of aromatic nitrogens is 4. The van der Waals surface area contributed by atoms with Gasteiger partial charge in [-0.05, 0) is 24.6 Å². The minimum atomic E-state index is -0.0852. The van der Waals surface area contributed by atoms with Crippen LogP contribution in [0.25, 0.3) is 11.2 Å². The molecule has 2 aromatic heterocycles. The number of H-pyrrole nitrogens is 1.